The van der Waals surface area contributed by atoms with Gasteiger partial charge in [0.15, 0.2) is 5.65 Å². The van der Waals surface area contributed by atoms with Crippen molar-refractivity contribution in [1.29, 1.82) is 0 Å². The molecule has 0 aliphatic heterocycles. The number of fused-ring (bicyclic) bond motifs is 1. The van der Waals surface area contributed by atoms with Crippen LogP contribution in [-0.4, -0.2) is 26.3 Å². The first-order chi connectivity index (χ1) is 9.75. The third-order valence-corrected chi connectivity index (χ3v) is 2.92. The predicted molar refractivity (Wildman–Crippen MR) is 80.0 cm³/mol. The average molecular weight is 265 g/mol. The van der Waals surface area contributed by atoms with Crippen LogP contribution in [0.1, 0.15) is 6.92 Å². The van der Waals surface area contributed by atoms with Gasteiger partial charge in [-0.15, -0.1) is 0 Å². The molecular weight excluding hydrogens is 250 g/mol. The molecule has 0 unspecified atom stereocenters. The van der Waals surface area contributed by atoms with Crippen LogP contribution in [0.15, 0.2) is 55.0 Å². The molecular formula is C15H15N5. The fraction of sp³-hybridized carbons (Fsp3) is 0.133. The molecule has 1 aromatic carbocycles. The van der Waals surface area contributed by atoms with Crippen LogP contribution in [-0.2, 0) is 0 Å². The lowest BCUT2D eigenvalue weighted by Gasteiger charge is -2.06. The lowest BCUT2D eigenvalue weighted by Crippen LogP contribution is -2.05. The van der Waals surface area contributed by atoms with Gasteiger partial charge in [-0.3, -0.25) is 0 Å². The number of benzene rings is 1. The number of nitrogens with zero attached hydrogens (tertiary/aromatic N) is 4. The molecule has 0 radical (unpaired) electrons. The lowest BCUT2D eigenvalue weighted by atomic mass is 10.3. The Hall–Kier alpha value is -2.69. The molecule has 0 aliphatic rings. The molecule has 100 valence electrons. The van der Waals surface area contributed by atoms with Gasteiger partial charge in [0.2, 0.25) is 0 Å². The van der Waals surface area contributed by atoms with Gasteiger partial charge in [0.05, 0.1) is 17.3 Å². The Kier molecular flexibility index (Phi) is 3.16. The maximum atomic E-state index is 4.41. The molecule has 2 heterocycles. The van der Waals surface area contributed by atoms with E-state index in [9.17, 15) is 0 Å². The second kappa shape index (κ2) is 5.13. The summed E-state index contributed by atoms with van der Waals surface area (Å²) in [6.45, 7) is 6.53. The zero-order valence-electron chi connectivity index (χ0n) is 11.2. The Morgan fingerprint density at radius 3 is 2.80 bits per heavy atom. The van der Waals surface area contributed by atoms with Crippen molar-refractivity contribution in [3.63, 3.8) is 0 Å². The highest BCUT2D eigenvalue weighted by molar-refractivity contribution is 5.87. The molecule has 3 rings (SSSR count). The molecule has 5 heteroatoms. The number of rotatable bonds is 4. The lowest BCUT2D eigenvalue weighted by molar-refractivity contribution is 0.895. The Balaban J connectivity index is 2.06. The molecule has 0 saturated heterocycles. The molecule has 0 aliphatic carbocycles. The van der Waals surface area contributed by atoms with E-state index in [0.29, 0.717) is 6.54 Å². The van der Waals surface area contributed by atoms with Crippen LogP contribution >= 0.6 is 0 Å². The van der Waals surface area contributed by atoms with E-state index in [-0.39, 0.29) is 0 Å². The van der Waals surface area contributed by atoms with Crippen LogP contribution in [0.4, 0.5) is 5.82 Å². The first-order valence-corrected chi connectivity index (χ1v) is 6.38. The van der Waals surface area contributed by atoms with Crippen LogP contribution in [0, 0.1) is 0 Å². The molecule has 0 atom stereocenters. The molecule has 0 saturated carbocycles. The first-order valence-electron chi connectivity index (χ1n) is 6.38. The number of hydrogen-bond acceptors (Lipinski definition) is 4. The van der Waals surface area contributed by atoms with E-state index >= 15 is 0 Å². The molecule has 2 aromatic heterocycles. The van der Waals surface area contributed by atoms with E-state index in [1.807, 2.05) is 41.9 Å². The van der Waals surface area contributed by atoms with E-state index in [1.54, 1.807) is 12.5 Å². The second-order valence-corrected chi connectivity index (χ2v) is 4.66. The Morgan fingerprint density at radius 2 is 2.05 bits per heavy atom. The topological polar surface area (TPSA) is 55.6 Å². The van der Waals surface area contributed by atoms with Crippen molar-refractivity contribution < 1.29 is 0 Å². The quantitative estimate of drug-likeness (QED) is 0.737. The van der Waals surface area contributed by atoms with Crippen LogP contribution in [0.5, 0.6) is 0 Å². The van der Waals surface area contributed by atoms with E-state index < -0.39 is 0 Å². The highest BCUT2D eigenvalue weighted by atomic mass is 15.3. The highest BCUT2D eigenvalue weighted by Gasteiger charge is 2.10. The van der Waals surface area contributed by atoms with Crippen LogP contribution in [0.2, 0.25) is 0 Å². The van der Waals surface area contributed by atoms with Crippen molar-refractivity contribution in [1.82, 2.24) is 19.7 Å². The van der Waals surface area contributed by atoms with Gasteiger partial charge in [0.25, 0.3) is 0 Å². The minimum atomic E-state index is 0.683. The van der Waals surface area contributed by atoms with Gasteiger partial charge >= 0.3 is 0 Å². The summed E-state index contributed by atoms with van der Waals surface area (Å²) in [5, 5.41) is 8.55. The predicted octanol–water partition coefficient (Wildman–Crippen LogP) is 2.80. The normalized spacial score (nSPS) is 10.7. The minimum absolute atomic E-state index is 0.683. The van der Waals surface area contributed by atoms with Gasteiger partial charge in [-0.25, -0.2) is 14.6 Å². The zero-order chi connectivity index (χ0) is 13.9. The molecule has 0 fully saturated rings. The van der Waals surface area contributed by atoms with Gasteiger partial charge in [-0.1, -0.05) is 30.4 Å². The maximum Gasteiger partial charge on any atom is 0.168 e. The number of para-hydroxylation sites is 1. The van der Waals surface area contributed by atoms with Gasteiger partial charge < -0.3 is 5.32 Å². The number of hydrogen-bond donors (Lipinski definition) is 1. The standard InChI is InChI=1S/C15H15N5/c1-11(2)8-16-14-13-9-19-20(15(13)18-10-17-14)12-6-4-3-5-7-12/h3-7,9-10H,1,8H2,2H3,(H,16,17,18). The third kappa shape index (κ3) is 2.25. The fourth-order valence-electron chi connectivity index (χ4n) is 1.98. The van der Waals surface area contributed by atoms with Gasteiger partial charge in [-0.2, -0.15) is 5.10 Å². The molecule has 0 amide bonds. The summed E-state index contributed by atoms with van der Waals surface area (Å²) >= 11 is 0. The largest absolute Gasteiger partial charge is 0.366 e. The van der Waals surface area contributed by atoms with Crippen molar-refractivity contribution in [3.8, 4) is 5.69 Å². The van der Waals surface area contributed by atoms with Crippen molar-refractivity contribution in [2.24, 2.45) is 0 Å². The van der Waals surface area contributed by atoms with Crippen molar-refractivity contribution in [2.45, 2.75) is 6.92 Å². The second-order valence-electron chi connectivity index (χ2n) is 4.66. The maximum absolute atomic E-state index is 4.41. The van der Waals surface area contributed by atoms with Gasteiger partial charge in [-0.05, 0) is 19.1 Å². The summed E-state index contributed by atoms with van der Waals surface area (Å²) in [5.74, 6) is 0.778. The number of anilines is 1. The van der Waals surface area contributed by atoms with Gasteiger partial charge in [0.1, 0.15) is 12.1 Å². The fourth-order valence-corrected chi connectivity index (χ4v) is 1.98. The van der Waals surface area contributed by atoms with Crippen LogP contribution < -0.4 is 5.32 Å². The monoisotopic (exact) mass is 265 g/mol. The SMILES string of the molecule is C=C(C)CNc1ncnc2c1cnn2-c1ccccc1. The summed E-state index contributed by atoms with van der Waals surface area (Å²) in [7, 11) is 0. The van der Waals surface area contributed by atoms with E-state index in [0.717, 1.165) is 28.1 Å². The Labute approximate surface area is 117 Å². The molecule has 3 aromatic rings. The number of aromatic nitrogens is 4. The molecule has 5 nitrogen and oxygen atoms in total. The van der Waals surface area contributed by atoms with E-state index in [4.69, 9.17) is 0 Å². The van der Waals surface area contributed by atoms with Crippen LogP contribution in [0.3, 0.4) is 0 Å². The van der Waals surface area contributed by atoms with Gasteiger partial charge in [0, 0.05) is 6.54 Å². The van der Waals surface area contributed by atoms with Crippen LogP contribution in [0.25, 0.3) is 16.7 Å². The molecule has 0 spiro atoms. The highest BCUT2D eigenvalue weighted by Crippen LogP contribution is 2.21. The van der Waals surface area contributed by atoms with E-state index in [2.05, 4.69) is 27.0 Å². The van der Waals surface area contributed by atoms with Crippen molar-refractivity contribution in [2.75, 3.05) is 11.9 Å². The average Bonchev–Trinajstić information content (AvgIpc) is 2.90. The summed E-state index contributed by atoms with van der Waals surface area (Å²) in [6, 6.07) is 9.92. The summed E-state index contributed by atoms with van der Waals surface area (Å²) in [4.78, 5) is 8.60. The Bertz CT molecular complexity index is 745. The smallest absolute Gasteiger partial charge is 0.168 e. The van der Waals surface area contributed by atoms with E-state index in [1.165, 1.54) is 0 Å². The zero-order valence-corrected chi connectivity index (χ0v) is 11.2. The molecule has 1 N–H and O–H groups in total. The molecule has 20 heavy (non-hydrogen) atoms. The number of nitrogens with one attached hydrogen (secondary N) is 1. The summed E-state index contributed by atoms with van der Waals surface area (Å²) in [5.41, 5.74) is 2.81. The summed E-state index contributed by atoms with van der Waals surface area (Å²) in [6.07, 6.45) is 3.33. The summed E-state index contributed by atoms with van der Waals surface area (Å²) < 4.78 is 1.81. The first kappa shape index (κ1) is 12.3. The molecule has 0 bridgehead atoms. The minimum Gasteiger partial charge on any atom is -0.366 e. The third-order valence-electron chi connectivity index (χ3n) is 2.92. The Morgan fingerprint density at radius 1 is 1.25 bits per heavy atom. The van der Waals surface area contributed by atoms with Crippen molar-refractivity contribution in [3.05, 3.63) is 55.0 Å². The van der Waals surface area contributed by atoms with Crippen molar-refractivity contribution >= 4 is 16.9 Å².